The molecule has 1 heterocycles. The molecule has 4 nitrogen and oxygen atoms in total. The van der Waals surface area contributed by atoms with Crippen LogP contribution in [0.15, 0.2) is 30.3 Å². The van der Waals surface area contributed by atoms with Crippen LogP contribution < -0.4 is 4.74 Å². The third-order valence-corrected chi connectivity index (χ3v) is 3.12. The Kier molecular flexibility index (Phi) is 3.60. The van der Waals surface area contributed by atoms with Gasteiger partial charge in [-0.25, -0.2) is 4.79 Å². The van der Waals surface area contributed by atoms with Crippen molar-refractivity contribution in [3.05, 3.63) is 47.3 Å². The van der Waals surface area contributed by atoms with E-state index < -0.39 is 0 Å². The van der Waals surface area contributed by atoms with Crippen LogP contribution in [0, 0.1) is 13.8 Å². The summed E-state index contributed by atoms with van der Waals surface area (Å²) >= 11 is 0. The molecule has 0 aliphatic carbocycles. The van der Waals surface area contributed by atoms with E-state index >= 15 is 0 Å². The van der Waals surface area contributed by atoms with Gasteiger partial charge in [-0.05, 0) is 44.2 Å². The molecular weight excluding hydrogens is 242 g/mol. The summed E-state index contributed by atoms with van der Waals surface area (Å²) in [5, 5.41) is 0. The van der Waals surface area contributed by atoms with Crippen LogP contribution in [-0.2, 0) is 4.74 Å². The Balaban J connectivity index is 2.66. The first-order valence-corrected chi connectivity index (χ1v) is 6.00. The van der Waals surface area contributed by atoms with E-state index in [0.717, 1.165) is 17.1 Å². The quantitative estimate of drug-likeness (QED) is 0.796. The molecule has 0 unspecified atom stereocenters. The second kappa shape index (κ2) is 5.18. The number of rotatable bonds is 3. The van der Waals surface area contributed by atoms with Crippen LogP contribution in [0.3, 0.4) is 0 Å². The fourth-order valence-corrected chi connectivity index (χ4v) is 2.16. The van der Waals surface area contributed by atoms with Gasteiger partial charge in [-0.2, -0.15) is 0 Å². The topological polar surface area (TPSA) is 40.5 Å². The molecule has 0 saturated heterocycles. The number of methoxy groups -OCH3 is 2. The van der Waals surface area contributed by atoms with Crippen molar-refractivity contribution in [1.82, 2.24) is 4.57 Å². The summed E-state index contributed by atoms with van der Waals surface area (Å²) in [7, 11) is 2.95. The van der Waals surface area contributed by atoms with Gasteiger partial charge in [0.05, 0.1) is 25.5 Å². The second-order valence-electron chi connectivity index (χ2n) is 4.33. The van der Waals surface area contributed by atoms with E-state index in [1.165, 1.54) is 7.11 Å². The molecule has 0 bridgehead atoms. The maximum Gasteiger partial charge on any atom is 0.340 e. The molecule has 19 heavy (non-hydrogen) atoms. The maximum atomic E-state index is 11.9. The predicted molar refractivity (Wildman–Crippen MR) is 73.1 cm³/mol. The highest BCUT2D eigenvalue weighted by atomic mass is 16.5. The first-order valence-electron chi connectivity index (χ1n) is 6.00. The van der Waals surface area contributed by atoms with Crippen molar-refractivity contribution in [2.24, 2.45) is 0 Å². The Labute approximate surface area is 112 Å². The average molecular weight is 259 g/mol. The van der Waals surface area contributed by atoms with Gasteiger partial charge in [-0.3, -0.25) is 0 Å². The summed E-state index contributed by atoms with van der Waals surface area (Å²) in [5.41, 5.74) is 3.41. The fraction of sp³-hybridized carbons (Fsp3) is 0.267. The summed E-state index contributed by atoms with van der Waals surface area (Å²) in [5.74, 6) is 0.257. The highest BCUT2D eigenvalue weighted by Gasteiger charge is 2.16. The molecule has 0 aliphatic heterocycles. The standard InChI is InChI=1S/C15H17NO3/c1-10-5-6-11(2)16(10)14-8-7-12(18-3)9-13(14)15(17)19-4/h5-9H,1-4H3. The van der Waals surface area contributed by atoms with Crippen LogP contribution in [0.1, 0.15) is 21.7 Å². The van der Waals surface area contributed by atoms with E-state index in [1.807, 2.05) is 42.7 Å². The number of aryl methyl sites for hydroxylation is 2. The van der Waals surface area contributed by atoms with Crippen LogP contribution in [0.5, 0.6) is 5.75 Å². The number of hydrogen-bond donors (Lipinski definition) is 0. The molecule has 0 spiro atoms. The van der Waals surface area contributed by atoms with E-state index in [-0.39, 0.29) is 5.97 Å². The van der Waals surface area contributed by atoms with Crippen molar-refractivity contribution < 1.29 is 14.3 Å². The molecule has 0 amide bonds. The van der Waals surface area contributed by atoms with Crippen molar-refractivity contribution in [3.8, 4) is 11.4 Å². The van der Waals surface area contributed by atoms with Gasteiger partial charge in [0, 0.05) is 11.4 Å². The van der Waals surface area contributed by atoms with Crippen molar-refractivity contribution in [3.63, 3.8) is 0 Å². The first-order chi connectivity index (χ1) is 9.08. The molecule has 2 rings (SSSR count). The predicted octanol–water partition coefficient (Wildman–Crippen LogP) is 2.89. The Morgan fingerprint density at radius 2 is 1.68 bits per heavy atom. The number of ether oxygens (including phenoxy) is 2. The number of carbonyl (C=O) groups excluding carboxylic acids is 1. The zero-order valence-corrected chi connectivity index (χ0v) is 11.6. The lowest BCUT2D eigenvalue weighted by molar-refractivity contribution is 0.0600. The number of hydrogen-bond acceptors (Lipinski definition) is 3. The van der Waals surface area contributed by atoms with Gasteiger partial charge in [-0.1, -0.05) is 0 Å². The summed E-state index contributed by atoms with van der Waals surface area (Å²) in [4.78, 5) is 11.9. The van der Waals surface area contributed by atoms with Gasteiger partial charge < -0.3 is 14.0 Å². The molecule has 0 radical (unpaired) electrons. The SMILES string of the molecule is COC(=O)c1cc(OC)ccc1-n1c(C)ccc1C. The van der Waals surface area contributed by atoms with Crippen LogP contribution in [-0.4, -0.2) is 24.8 Å². The molecule has 0 aliphatic rings. The molecule has 100 valence electrons. The summed E-state index contributed by atoms with van der Waals surface area (Å²) in [6, 6.07) is 9.42. The van der Waals surface area contributed by atoms with Crippen molar-refractivity contribution >= 4 is 5.97 Å². The summed E-state index contributed by atoms with van der Waals surface area (Å²) in [6.07, 6.45) is 0. The molecule has 0 N–H and O–H groups in total. The molecule has 4 heteroatoms. The third kappa shape index (κ3) is 2.34. The molecule has 0 saturated carbocycles. The van der Waals surface area contributed by atoms with E-state index in [1.54, 1.807) is 13.2 Å². The molecule has 1 aromatic heterocycles. The zero-order chi connectivity index (χ0) is 14.0. The fourth-order valence-electron chi connectivity index (χ4n) is 2.16. The van der Waals surface area contributed by atoms with Crippen LogP contribution in [0.4, 0.5) is 0 Å². The Bertz CT molecular complexity index is 594. The van der Waals surface area contributed by atoms with Gasteiger partial charge in [0.25, 0.3) is 0 Å². The number of carbonyl (C=O) groups is 1. The minimum atomic E-state index is -0.374. The number of benzene rings is 1. The van der Waals surface area contributed by atoms with Crippen molar-refractivity contribution in [1.29, 1.82) is 0 Å². The highest BCUT2D eigenvalue weighted by molar-refractivity contribution is 5.94. The zero-order valence-electron chi connectivity index (χ0n) is 11.6. The summed E-state index contributed by atoms with van der Waals surface area (Å²) < 4.78 is 12.0. The number of aromatic nitrogens is 1. The molecule has 1 aromatic carbocycles. The average Bonchev–Trinajstić information content (AvgIpc) is 2.76. The lowest BCUT2D eigenvalue weighted by atomic mass is 10.1. The highest BCUT2D eigenvalue weighted by Crippen LogP contribution is 2.25. The maximum absolute atomic E-state index is 11.9. The van der Waals surface area contributed by atoms with Gasteiger partial charge >= 0.3 is 5.97 Å². The van der Waals surface area contributed by atoms with Gasteiger partial charge in [-0.15, -0.1) is 0 Å². The van der Waals surface area contributed by atoms with E-state index in [9.17, 15) is 4.79 Å². The van der Waals surface area contributed by atoms with Gasteiger partial charge in [0.2, 0.25) is 0 Å². The largest absolute Gasteiger partial charge is 0.497 e. The van der Waals surface area contributed by atoms with Gasteiger partial charge in [0.1, 0.15) is 5.75 Å². The van der Waals surface area contributed by atoms with Crippen LogP contribution >= 0.6 is 0 Å². The molecule has 0 fully saturated rings. The smallest absolute Gasteiger partial charge is 0.340 e. The molecule has 0 atom stereocenters. The Hall–Kier alpha value is -2.23. The third-order valence-electron chi connectivity index (χ3n) is 3.12. The number of esters is 1. The van der Waals surface area contributed by atoms with E-state index in [2.05, 4.69) is 0 Å². The first kappa shape index (κ1) is 13.2. The Morgan fingerprint density at radius 1 is 1.05 bits per heavy atom. The monoisotopic (exact) mass is 259 g/mol. The summed E-state index contributed by atoms with van der Waals surface area (Å²) in [6.45, 7) is 4.00. The minimum absolute atomic E-state index is 0.374. The van der Waals surface area contributed by atoms with E-state index in [4.69, 9.17) is 9.47 Å². The van der Waals surface area contributed by atoms with Crippen LogP contribution in [0.25, 0.3) is 5.69 Å². The van der Waals surface area contributed by atoms with Crippen LogP contribution in [0.2, 0.25) is 0 Å². The second-order valence-corrected chi connectivity index (χ2v) is 4.33. The Morgan fingerprint density at radius 3 is 2.21 bits per heavy atom. The number of nitrogens with zero attached hydrogens (tertiary/aromatic N) is 1. The lowest BCUT2D eigenvalue weighted by Crippen LogP contribution is -2.10. The normalized spacial score (nSPS) is 10.3. The van der Waals surface area contributed by atoms with Crippen molar-refractivity contribution in [2.75, 3.05) is 14.2 Å². The van der Waals surface area contributed by atoms with Gasteiger partial charge in [0.15, 0.2) is 0 Å². The van der Waals surface area contributed by atoms with E-state index in [0.29, 0.717) is 11.3 Å². The molecule has 2 aromatic rings. The minimum Gasteiger partial charge on any atom is -0.497 e. The van der Waals surface area contributed by atoms with Crippen molar-refractivity contribution in [2.45, 2.75) is 13.8 Å². The molecular formula is C15H17NO3. The lowest BCUT2D eigenvalue weighted by Gasteiger charge is -2.14.